The van der Waals surface area contributed by atoms with Gasteiger partial charge in [-0.3, -0.25) is 9.71 Å². The molecule has 3 aromatic heterocycles. The number of hydrogen-bond acceptors (Lipinski definition) is 6. The van der Waals surface area contributed by atoms with Gasteiger partial charge in [-0.2, -0.15) is 8.42 Å². The molecule has 0 radical (unpaired) electrons. The van der Waals surface area contributed by atoms with E-state index in [-0.39, 0.29) is 23.6 Å². The van der Waals surface area contributed by atoms with Gasteiger partial charge in [0.1, 0.15) is 0 Å². The normalized spacial score (nSPS) is 11.3. The average Bonchev–Trinajstić information content (AvgIpc) is 2.69. The van der Waals surface area contributed by atoms with E-state index in [0.29, 0.717) is 11.1 Å². The van der Waals surface area contributed by atoms with Gasteiger partial charge in [-0.15, -0.1) is 0 Å². The topological polar surface area (TPSA) is 106 Å². The van der Waals surface area contributed by atoms with E-state index in [1.165, 1.54) is 50.0 Å². The summed E-state index contributed by atoms with van der Waals surface area (Å²) in [5.41, 5.74) is 1.41. The Labute approximate surface area is 166 Å². The molecule has 2 N–H and O–H groups in total. The van der Waals surface area contributed by atoms with Crippen LogP contribution in [0.3, 0.4) is 0 Å². The molecule has 0 unspecified atom stereocenters. The molecule has 29 heavy (non-hydrogen) atoms. The lowest BCUT2D eigenvalue weighted by Gasteiger charge is -2.13. The van der Waals surface area contributed by atoms with Gasteiger partial charge in [0.05, 0.1) is 6.20 Å². The van der Waals surface area contributed by atoms with Gasteiger partial charge in [-0.25, -0.2) is 23.5 Å². The standard InChI is InChI=1S/C18H17F2N5O3S/c1-11-13(9-22-10-15(11)28-18-14(19)4-3-6-24-18)8-12-5-7-23-17(16(12)20)25-29(26,27)21-2/h3-7,9-10,21H,8H2,1-2H3,(H,23,25). The van der Waals surface area contributed by atoms with Crippen molar-refractivity contribution in [3.8, 4) is 11.6 Å². The molecular weight excluding hydrogens is 404 g/mol. The van der Waals surface area contributed by atoms with Crippen LogP contribution in [-0.4, -0.2) is 30.4 Å². The van der Waals surface area contributed by atoms with Gasteiger partial charge >= 0.3 is 0 Å². The highest BCUT2D eigenvalue weighted by atomic mass is 32.2. The molecule has 0 aromatic carbocycles. The Hall–Kier alpha value is -3.18. The first-order chi connectivity index (χ1) is 13.8. The zero-order valence-electron chi connectivity index (χ0n) is 15.5. The highest BCUT2D eigenvalue weighted by Crippen LogP contribution is 2.28. The zero-order chi connectivity index (χ0) is 21.0. The van der Waals surface area contributed by atoms with Crippen molar-refractivity contribution in [1.82, 2.24) is 19.7 Å². The van der Waals surface area contributed by atoms with E-state index in [1.54, 1.807) is 6.92 Å². The Morgan fingerprint density at radius 3 is 2.62 bits per heavy atom. The molecule has 0 amide bonds. The van der Waals surface area contributed by atoms with Crippen molar-refractivity contribution >= 4 is 16.0 Å². The van der Waals surface area contributed by atoms with Crippen molar-refractivity contribution in [3.63, 3.8) is 0 Å². The summed E-state index contributed by atoms with van der Waals surface area (Å²) in [5.74, 6) is -1.80. The summed E-state index contributed by atoms with van der Waals surface area (Å²) >= 11 is 0. The molecule has 3 rings (SSSR count). The predicted molar refractivity (Wildman–Crippen MR) is 102 cm³/mol. The van der Waals surface area contributed by atoms with Gasteiger partial charge in [-0.05, 0) is 41.8 Å². The van der Waals surface area contributed by atoms with Crippen molar-refractivity contribution in [2.24, 2.45) is 0 Å². The SMILES string of the molecule is CNS(=O)(=O)Nc1nccc(Cc2cncc(Oc3ncccc3F)c2C)c1F. The third-order valence-corrected chi connectivity index (χ3v) is 5.05. The maximum atomic E-state index is 14.7. The molecule has 0 atom stereocenters. The number of halogens is 2. The zero-order valence-corrected chi connectivity index (χ0v) is 16.3. The van der Waals surface area contributed by atoms with Crippen molar-refractivity contribution in [1.29, 1.82) is 0 Å². The van der Waals surface area contributed by atoms with E-state index >= 15 is 0 Å². The van der Waals surface area contributed by atoms with Crippen LogP contribution in [0.4, 0.5) is 14.6 Å². The Balaban J connectivity index is 1.89. The van der Waals surface area contributed by atoms with Crippen molar-refractivity contribution in [2.75, 3.05) is 11.8 Å². The lowest BCUT2D eigenvalue weighted by Crippen LogP contribution is -2.27. The minimum atomic E-state index is -3.92. The van der Waals surface area contributed by atoms with Crippen LogP contribution in [-0.2, 0) is 16.6 Å². The first-order valence-electron chi connectivity index (χ1n) is 8.37. The summed E-state index contributed by atoms with van der Waals surface area (Å²) < 4.78 is 61.2. The Morgan fingerprint density at radius 2 is 1.90 bits per heavy atom. The molecule has 152 valence electrons. The molecule has 3 aromatic rings. The third-order valence-electron chi connectivity index (χ3n) is 4.05. The summed E-state index contributed by atoms with van der Waals surface area (Å²) in [4.78, 5) is 11.6. The number of aromatic nitrogens is 3. The highest BCUT2D eigenvalue weighted by Gasteiger charge is 2.17. The van der Waals surface area contributed by atoms with Crippen LogP contribution in [0, 0.1) is 18.6 Å². The summed E-state index contributed by atoms with van der Waals surface area (Å²) in [6.07, 6.45) is 5.70. The maximum absolute atomic E-state index is 14.7. The first kappa shape index (κ1) is 20.6. The molecule has 0 aliphatic rings. The highest BCUT2D eigenvalue weighted by molar-refractivity contribution is 7.90. The van der Waals surface area contributed by atoms with Gasteiger partial charge < -0.3 is 4.74 Å². The molecule has 0 saturated heterocycles. The van der Waals surface area contributed by atoms with Gasteiger partial charge in [0.25, 0.3) is 16.1 Å². The monoisotopic (exact) mass is 421 g/mol. The number of anilines is 1. The Bertz CT molecular complexity index is 1140. The van der Waals surface area contributed by atoms with Gasteiger partial charge in [0.15, 0.2) is 23.2 Å². The fourth-order valence-electron chi connectivity index (χ4n) is 2.45. The fourth-order valence-corrected chi connectivity index (χ4v) is 2.95. The second-order valence-corrected chi connectivity index (χ2v) is 7.55. The number of rotatable bonds is 7. The number of hydrogen-bond donors (Lipinski definition) is 2. The van der Waals surface area contributed by atoms with E-state index in [9.17, 15) is 17.2 Å². The van der Waals surface area contributed by atoms with Crippen LogP contribution in [0.15, 0.2) is 43.0 Å². The molecular formula is C18H17F2N5O3S. The summed E-state index contributed by atoms with van der Waals surface area (Å²) in [5, 5.41) is 0. The molecule has 3 heterocycles. The second kappa shape index (κ2) is 8.45. The Morgan fingerprint density at radius 1 is 1.10 bits per heavy atom. The van der Waals surface area contributed by atoms with Gasteiger partial charge in [-0.1, -0.05) is 0 Å². The third kappa shape index (κ3) is 4.81. The lowest BCUT2D eigenvalue weighted by molar-refractivity contribution is 0.418. The molecule has 8 nitrogen and oxygen atoms in total. The summed E-state index contributed by atoms with van der Waals surface area (Å²) in [6.45, 7) is 1.72. The van der Waals surface area contributed by atoms with Crippen LogP contribution in [0.1, 0.15) is 16.7 Å². The first-order valence-corrected chi connectivity index (χ1v) is 9.85. The number of nitrogens with zero attached hydrogens (tertiary/aromatic N) is 3. The molecule has 0 fully saturated rings. The van der Waals surface area contributed by atoms with Crippen LogP contribution >= 0.6 is 0 Å². The van der Waals surface area contributed by atoms with E-state index < -0.39 is 27.7 Å². The summed E-state index contributed by atoms with van der Waals surface area (Å²) in [7, 11) is -2.73. The summed E-state index contributed by atoms with van der Waals surface area (Å²) in [6, 6.07) is 4.09. The van der Waals surface area contributed by atoms with Crippen LogP contribution in [0.2, 0.25) is 0 Å². The number of ether oxygens (including phenoxy) is 1. The molecule has 0 spiro atoms. The van der Waals surface area contributed by atoms with Crippen LogP contribution in [0.25, 0.3) is 0 Å². The quantitative estimate of drug-likeness (QED) is 0.608. The molecule has 0 bridgehead atoms. The van der Waals surface area contributed by atoms with Crippen molar-refractivity contribution in [2.45, 2.75) is 13.3 Å². The van der Waals surface area contributed by atoms with Crippen LogP contribution < -0.4 is 14.2 Å². The van der Waals surface area contributed by atoms with E-state index in [1.807, 2.05) is 9.44 Å². The van der Waals surface area contributed by atoms with E-state index in [0.717, 1.165) is 0 Å². The fraction of sp³-hybridized carbons (Fsp3) is 0.167. The van der Waals surface area contributed by atoms with Crippen molar-refractivity contribution < 1.29 is 21.9 Å². The minimum absolute atomic E-state index is 0.0867. The Kier molecular flexibility index (Phi) is 5.99. The maximum Gasteiger partial charge on any atom is 0.300 e. The number of nitrogens with one attached hydrogen (secondary N) is 2. The predicted octanol–water partition coefficient (Wildman–Crippen LogP) is 2.72. The molecule has 0 aliphatic carbocycles. The smallest absolute Gasteiger partial charge is 0.300 e. The molecule has 0 aliphatic heterocycles. The van der Waals surface area contributed by atoms with Crippen molar-refractivity contribution in [3.05, 3.63) is 71.3 Å². The van der Waals surface area contributed by atoms with Gasteiger partial charge in [0, 0.05) is 32.1 Å². The largest absolute Gasteiger partial charge is 0.435 e. The van der Waals surface area contributed by atoms with E-state index in [2.05, 4.69) is 15.0 Å². The van der Waals surface area contributed by atoms with Gasteiger partial charge in [0.2, 0.25) is 0 Å². The minimum Gasteiger partial charge on any atom is -0.435 e. The lowest BCUT2D eigenvalue weighted by atomic mass is 10.0. The second-order valence-electron chi connectivity index (χ2n) is 5.93. The molecule has 11 heteroatoms. The molecule has 0 saturated carbocycles. The van der Waals surface area contributed by atoms with Crippen LogP contribution in [0.5, 0.6) is 11.6 Å². The number of pyridine rings is 3. The van der Waals surface area contributed by atoms with E-state index in [4.69, 9.17) is 4.74 Å². The average molecular weight is 421 g/mol.